The highest BCUT2D eigenvalue weighted by molar-refractivity contribution is 7.99. The van der Waals surface area contributed by atoms with Crippen molar-refractivity contribution in [1.29, 1.82) is 0 Å². The van der Waals surface area contributed by atoms with Crippen LogP contribution in [0.3, 0.4) is 0 Å². The first kappa shape index (κ1) is 12.5. The second-order valence-electron chi connectivity index (χ2n) is 4.54. The third-order valence-corrected chi connectivity index (χ3v) is 4.58. The topological polar surface area (TPSA) is 44.1 Å². The van der Waals surface area contributed by atoms with Crippen LogP contribution < -0.4 is 0 Å². The molecule has 1 aromatic heterocycles. The molecule has 0 bridgehead atoms. The number of aryl methyl sites for hydroxylation is 1. The zero-order valence-corrected chi connectivity index (χ0v) is 11.1. The molecule has 0 N–H and O–H groups in total. The Morgan fingerprint density at radius 3 is 3.00 bits per heavy atom. The lowest BCUT2D eigenvalue weighted by Crippen LogP contribution is -2.13. The maximum Gasteiger partial charge on any atom is 0.306 e. The van der Waals surface area contributed by atoms with Crippen LogP contribution in [0.25, 0.3) is 0 Å². The molecule has 2 rings (SSSR count). The monoisotopic (exact) mass is 254 g/mol. The Bertz CT molecular complexity index is 399. The Labute approximate surface area is 106 Å². The van der Waals surface area contributed by atoms with Gasteiger partial charge in [0, 0.05) is 24.7 Å². The fourth-order valence-electron chi connectivity index (χ4n) is 1.82. The number of carbonyl (C=O) groups excluding carboxylic acids is 1. The molecule has 17 heavy (non-hydrogen) atoms. The molecule has 94 valence electrons. The largest absolute Gasteiger partial charge is 0.469 e. The Hall–Kier alpha value is -0.970. The van der Waals surface area contributed by atoms with Crippen molar-refractivity contribution in [3.8, 4) is 0 Å². The van der Waals surface area contributed by atoms with Crippen LogP contribution >= 0.6 is 11.8 Å². The second-order valence-corrected chi connectivity index (χ2v) is 5.48. The molecule has 0 aliphatic heterocycles. The lowest BCUT2D eigenvalue weighted by Gasteiger charge is -2.13. The normalized spacial score (nSPS) is 16.8. The predicted molar refractivity (Wildman–Crippen MR) is 66.9 cm³/mol. The van der Waals surface area contributed by atoms with Crippen molar-refractivity contribution < 1.29 is 9.53 Å². The highest BCUT2D eigenvalue weighted by Crippen LogP contribution is 2.51. The van der Waals surface area contributed by atoms with E-state index in [0.29, 0.717) is 6.42 Å². The summed E-state index contributed by atoms with van der Waals surface area (Å²) in [5, 5.41) is 1.05. The van der Waals surface area contributed by atoms with Gasteiger partial charge >= 0.3 is 5.97 Å². The van der Waals surface area contributed by atoms with Gasteiger partial charge in [0.25, 0.3) is 0 Å². The molecule has 1 fully saturated rings. The molecule has 4 nitrogen and oxygen atoms in total. The molecular formula is C12H18N2O2S. The van der Waals surface area contributed by atoms with Crippen LogP contribution in [0.5, 0.6) is 0 Å². The number of aromatic nitrogens is 2. The van der Waals surface area contributed by atoms with Gasteiger partial charge in [-0.25, -0.2) is 4.98 Å². The molecule has 5 heteroatoms. The fraction of sp³-hybridized carbons (Fsp3) is 0.667. The van der Waals surface area contributed by atoms with Gasteiger partial charge in [-0.05, 0) is 25.2 Å². The number of hydrogen-bond donors (Lipinski definition) is 0. The summed E-state index contributed by atoms with van der Waals surface area (Å²) in [6.45, 7) is 3.04. The first-order valence-corrected chi connectivity index (χ1v) is 6.88. The minimum Gasteiger partial charge on any atom is -0.469 e. The smallest absolute Gasteiger partial charge is 0.306 e. The summed E-state index contributed by atoms with van der Waals surface area (Å²) >= 11 is 1.74. The Kier molecular flexibility index (Phi) is 3.76. The van der Waals surface area contributed by atoms with E-state index in [2.05, 4.69) is 16.5 Å². The van der Waals surface area contributed by atoms with Crippen LogP contribution in [-0.2, 0) is 16.1 Å². The van der Waals surface area contributed by atoms with Gasteiger partial charge in [-0.1, -0.05) is 11.8 Å². The van der Waals surface area contributed by atoms with Crippen molar-refractivity contribution in [3.63, 3.8) is 0 Å². The maximum atomic E-state index is 11.3. The second kappa shape index (κ2) is 5.12. The zero-order valence-electron chi connectivity index (χ0n) is 10.3. The Balaban J connectivity index is 1.88. The summed E-state index contributed by atoms with van der Waals surface area (Å²) in [5.74, 6) is 0.862. The van der Waals surface area contributed by atoms with Gasteiger partial charge in [0.2, 0.25) is 0 Å². The number of ether oxygens (including phenoxy) is 1. The summed E-state index contributed by atoms with van der Waals surface area (Å²) in [4.78, 5) is 15.6. The standard InChI is InChI=1S/C12H18N2O2S/c1-3-14-7-6-13-11(14)17-9-12(4-5-12)8-10(15)16-2/h6-7H,3-5,8-9H2,1-2H3. The molecule has 0 saturated heterocycles. The van der Waals surface area contributed by atoms with Crippen molar-refractivity contribution in [2.24, 2.45) is 5.41 Å². The molecule has 1 aromatic rings. The van der Waals surface area contributed by atoms with E-state index in [1.807, 2.05) is 12.4 Å². The van der Waals surface area contributed by atoms with Gasteiger partial charge in [0.05, 0.1) is 13.5 Å². The first-order valence-electron chi connectivity index (χ1n) is 5.90. The van der Waals surface area contributed by atoms with E-state index in [1.165, 1.54) is 7.11 Å². The number of carbonyl (C=O) groups is 1. The van der Waals surface area contributed by atoms with Crippen LogP contribution in [0, 0.1) is 5.41 Å². The third kappa shape index (κ3) is 3.03. The van der Waals surface area contributed by atoms with Crippen molar-refractivity contribution in [2.75, 3.05) is 12.9 Å². The summed E-state index contributed by atoms with van der Waals surface area (Å²) in [7, 11) is 1.45. The highest BCUT2D eigenvalue weighted by atomic mass is 32.2. The Morgan fingerprint density at radius 1 is 1.65 bits per heavy atom. The molecule has 0 aromatic carbocycles. The molecule has 0 amide bonds. The van der Waals surface area contributed by atoms with Gasteiger partial charge in [0.15, 0.2) is 5.16 Å². The summed E-state index contributed by atoms with van der Waals surface area (Å²) in [6, 6.07) is 0. The third-order valence-electron chi connectivity index (χ3n) is 3.23. The van der Waals surface area contributed by atoms with Crippen LogP contribution in [-0.4, -0.2) is 28.4 Å². The molecular weight excluding hydrogens is 236 g/mol. The SMILES string of the molecule is CCn1ccnc1SCC1(CC(=O)OC)CC1. The van der Waals surface area contributed by atoms with Crippen LogP contribution in [0.2, 0.25) is 0 Å². The summed E-state index contributed by atoms with van der Waals surface area (Å²) in [5.41, 5.74) is 0.169. The lowest BCUT2D eigenvalue weighted by atomic mass is 10.1. The number of imidazole rings is 1. The van der Waals surface area contributed by atoms with Crippen molar-refractivity contribution in [1.82, 2.24) is 9.55 Å². The van der Waals surface area contributed by atoms with Gasteiger partial charge in [-0.2, -0.15) is 0 Å². The molecule has 0 radical (unpaired) electrons. The molecule has 1 saturated carbocycles. The maximum absolute atomic E-state index is 11.3. The van der Waals surface area contributed by atoms with Crippen molar-refractivity contribution >= 4 is 17.7 Å². The van der Waals surface area contributed by atoms with E-state index in [-0.39, 0.29) is 11.4 Å². The summed E-state index contributed by atoms with van der Waals surface area (Å²) in [6.07, 6.45) is 6.61. The van der Waals surface area contributed by atoms with Gasteiger partial charge < -0.3 is 9.30 Å². The van der Waals surface area contributed by atoms with Crippen LogP contribution in [0.4, 0.5) is 0 Å². The van der Waals surface area contributed by atoms with Crippen molar-refractivity contribution in [3.05, 3.63) is 12.4 Å². The summed E-state index contributed by atoms with van der Waals surface area (Å²) < 4.78 is 6.86. The lowest BCUT2D eigenvalue weighted by molar-refractivity contribution is -0.141. The van der Waals surface area contributed by atoms with Crippen LogP contribution in [0.1, 0.15) is 26.2 Å². The van der Waals surface area contributed by atoms with E-state index >= 15 is 0 Å². The number of esters is 1. The highest BCUT2D eigenvalue weighted by Gasteiger charge is 2.44. The number of methoxy groups -OCH3 is 1. The van der Waals surface area contributed by atoms with Crippen LogP contribution in [0.15, 0.2) is 17.6 Å². The minimum atomic E-state index is -0.0954. The number of nitrogens with zero attached hydrogens (tertiary/aromatic N) is 2. The van der Waals surface area contributed by atoms with E-state index < -0.39 is 0 Å². The van der Waals surface area contributed by atoms with E-state index in [9.17, 15) is 4.79 Å². The number of thioether (sulfide) groups is 1. The van der Waals surface area contributed by atoms with Crippen molar-refractivity contribution in [2.45, 2.75) is 37.9 Å². The molecule has 1 aliphatic carbocycles. The van der Waals surface area contributed by atoms with E-state index in [1.54, 1.807) is 11.8 Å². The molecule has 0 unspecified atom stereocenters. The number of hydrogen-bond acceptors (Lipinski definition) is 4. The molecule has 1 aliphatic rings. The first-order chi connectivity index (χ1) is 8.19. The molecule has 0 spiro atoms. The van der Waals surface area contributed by atoms with E-state index in [0.717, 1.165) is 30.3 Å². The molecule has 1 heterocycles. The quantitative estimate of drug-likeness (QED) is 0.577. The zero-order chi connectivity index (χ0) is 12.3. The van der Waals surface area contributed by atoms with Gasteiger partial charge in [-0.3, -0.25) is 4.79 Å². The predicted octanol–water partition coefficient (Wildman–Crippen LogP) is 2.34. The van der Waals surface area contributed by atoms with E-state index in [4.69, 9.17) is 4.74 Å². The fourth-order valence-corrected chi connectivity index (χ4v) is 3.14. The average Bonchev–Trinajstić information content (AvgIpc) is 2.94. The number of rotatable bonds is 6. The minimum absolute atomic E-state index is 0.0954. The Morgan fingerprint density at radius 2 is 2.41 bits per heavy atom. The molecule has 0 atom stereocenters. The van der Waals surface area contributed by atoms with Gasteiger partial charge in [0.1, 0.15) is 0 Å². The average molecular weight is 254 g/mol. The van der Waals surface area contributed by atoms with Gasteiger partial charge in [-0.15, -0.1) is 0 Å².